The van der Waals surface area contributed by atoms with E-state index in [-0.39, 0.29) is 18.1 Å². The molecule has 16 heavy (non-hydrogen) atoms. The Hall–Kier alpha value is -0.840. The molecule has 0 aliphatic carbocycles. The summed E-state index contributed by atoms with van der Waals surface area (Å²) in [4.78, 5) is 11.5. The second-order valence-corrected chi connectivity index (χ2v) is 4.89. The van der Waals surface area contributed by atoms with Crippen molar-refractivity contribution in [1.82, 2.24) is 10.6 Å². The fourth-order valence-electron chi connectivity index (χ4n) is 1.29. The van der Waals surface area contributed by atoms with E-state index in [1.807, 2.05) is 13.8 Å². The van der Waals surface area contributed by atoms with Gasteiger partial charge in [-0.1, -0.05) is 13.8 Å². The van der Waals surface area contributed by atoms with E-state index in [9.17, 15) is 4.79 Å². The number of carbonyl (C=O) groups excluding carboxylic acids is 1. The SMILES string of the molecule is COC(=O)C(CC(C)C)NC(=S)NC(C)C. The van der Waals surface area contributed by atoms with E-state index in [0.29, 0.717) is 17.5 Å². The summed E-state index contributed by atoms with van der Waals surface area (Å²) >= 11 is 5.10. The summed E-state index contributed by atoms with van der Waals surface area (Å²) in [6.45, 7) is 8.08. The van der Waals surface area contributed by atoms with Crippen molar-refractivity contribution >= 4 is 23.3 Å². The van der Waals surface area contributed by atoms with E-state index < -0.39 is 0 Å². The molecule has 1 atom stereocenters. The van der Waals surface area contributed by atoms with E-state index in [2.05, 4.69) is 24.5 Å². The highest BCUT2D eigenvalue weighted by Crippen LogP contribution is 2.06. The summed E-state index contributed by atoms with van der Waals surface area (Å²) in [7, 11) is 1.39. The Morgan fingerprint density at radius 3 is 2.19 bits per heavy atom. The topological polar surface area (TPSA) is 50.4 Å². The molecule has 0 aliphatic heterocycles. The van der Waals surface area contributed by atoms with Gasteiger partial charge in [0.2, 0.25) is 0 Å². The van der Waals surface area contributed by atoms with E-state index in [4.69, 9.17) is 17.0 Å². The van der Waals surface area contributed by atoms with Crippen LogP contribution in [-0.4, -0.2) is 30.3 Å². The lowest BCUT2D eigenvalue weighted by Crippen LogP contribution is -2.48. The van der Waals surface area contributed by atoms with Crippen molar-refractivity contribution in [1.29, 1.82) is 0 Å². The van der Waals surface area contributed by atoms with Crippen LogP contribution in [0, 0.1) is 5.92 Å². The Balaban J connectivity index is 4.31. The van der Waals surface area contributed by atoms with Crippen molar-refractivity contribution in [2.75, 3.05) is 7.11 Å². The molecule has 5 heteroatoms. The molecule has 94 valence electrons. The van der Waals surface area contributed by atoms with Crippen LogP contribution in [0.1, 0.15) is 34.1 Å². The highest BCUT2D eigenvalue weighted by Gasteiger charge is 2.21. The third-order valence-corrected chi connectivity index (χ3v) is 2.15. The average molecular weight is 246 g/mol. The third kappa shape index (κ3) is 6.61. The molecule has 0 radical (unpaired) electrons. The van der Waals surface area contributed by atoms with Gasteiger partial charge in [-0.05, 0) is 38.4 Å². The van der Waals surface area contributed by atoms with Crippen LogP contribution in [0.15, 0.2) is 0 Å². The first kappa shape index (κ1) is 15.2. The molecule has 0 saturated heterocycles. The molecule has 0 amide bonds. The van der Waals surface area contributed by atoms with Gasteiger partial charge in [-0.15, -0.1) is 0 Å². The predicted molar refractivity (Wildman–Crippen MR) is 69.3 cm³/mol. The van der Waals surface area contributed by atoms with E-state index in [1.165, 1.54) is 7.11 Å². The average Bonchev–Trinajstić information content (AvgIpc) is 2.13. The van der Waals surface area contributed by atoms with Crippen molar-refractivity contribution in [3.63, 3.8) is 0 Å². The molecule has 0 saturated carbocycles. The van der Waals surface area contributed by atoms with Crippen LogP contribution in [0.25, 0.3) is 0 Å². The highest BCUT2D eigenvalue weighted by molar-refractivity contribution is 7.80. The summed E-state index contributed by atoms with van der Waals surface area (Å²) in [6.07, 6.45) is 0.701. The number of methoxy groups -OCH3 is 1. The zero-order chi connectivity index (χ0) is 12.7. The summed E-state index contributed by atoms with van der Waals surface area (Å²) in [5.41, 5.74) is 0. The molecule has 4 nitrogen and oxygen atoms in total. The van der Waals surface area contributed by atoms with Gasteiger partial charge in [-0.3, -0.25) is 0 Å². The standard InChI is InChI=1S/C11H22N2O2S/c1-7(2)6-9(10(14)15-5)13-11(16)12-8(3)4/h7-9H,6H2,1-5H3,(H2,12,13,16). The van der Waals surface area contributed by atoms with Crippen LogP contribution >= 0.6 is 12.2 Å². The second kappa shape index (κ2) is 7.44. The Labute approximate surface area is 103 Å². The molecule has 0 fully saturated rings. The molecule has 0 heterocycles. The van der Waals surface area contributed by atoms with Gasteiger partial charge >= 0.3 is 5.97 Å². The lowest BCUT2D eigenvalue weighted by atomic mass is 10.0. The van der Waals surface area contributed by atoms with E-state index >= 15 is 0 Å². The van der Waals surface area contributed by atoms with Gasteiger partial charge in [-0.2, -0.15) is 0 Å². The van der Waals surface area contributed by atoms with Crippen LogP contribution in [0.3, 0.4) is 0 Å². The molecule has 0 rings (SSSR count). The van der Waals surface area contributed by atoms with Crippen molar-refractivity contribution in [3.05, 3.63) is 0 Å². The second-order valence-electron chi connectivity index (χ2n) is 4.48. The van der Waals surface area contributed by atoms with Gasteiger partial charge in [0.25, 0.3) is 0 Å². The van der Waals surface area contributed by atoms with Gasteiger partial charge in [0, 0.05) is 6.04 Å². The van der Waals surface area contributed by atoms with Crippen molar-refractivity contribution in [3.8, 4) is 0 Å². The highest BCUT2D eigenvalue weighted by atomic mass is 32.1. The van der Waals surface area contributed by atoms with Crippen LogP contribution < -0.4 is 10.6 Å². The number of carbonyl (C=O) groups is 1. The molecule has 0 aromatic heterocycles. The summed E-state index contributed by atoms with van der Waals surface area (Å²) in [5, 5.41) is 6.51. The van der Waals surface area contributed by atoms with Crippen molar-refractivity contribution in [2.45, 2.75) is 46.2 Å². The lowest BCUT2D eigenvalue weighted by molar-refractivity contribution is -0.143. The van der Waals surface area contributed by atoms with E-state index in [1.54, 1.807) is 0 Å². The normalized spacial score (nSPS) is 12.4. The first-order valence-corrected chi connectivity index (χ1v) is 5.92. The van der Waals surface area contributed by atoms with Crippen molar-refractivity contribution < 1.29 is 9.53 Å². The molecule has 2 N–H and O–H groups in total. The van der Waals surface area contributed by atoms with Crippen LogP contribution in [0.5, 0.6) is 0 Å². The molecular formula is C11H22N2O2S. The number of hydrogen-bond donors (Lipinski definition) is 2. The molecule has 0 aliphatic rings. The summed E-state index contributed by atoms with van der Waals surface area (Å²) in [5.74, 6) is 0.125. The van der Waals surface area contributed by atoms with Gasteiger partial charge in [0.1, 0.15) is 6.04 Å². The Kier molecular flexibility index (Phi) is 7.05. The maximum atomic E-state index is 11.5. The van der Waals surface area contributed by atoms with Crippen LogP contribution in [0.2, 0.25) is 0 Å². The number of ether oxygens (including phenoxy) is 1. The molecule has 0 aromatic carbocycles. The van der Waals surface area contributed by atoms with Crippen LogP contribution in [0.4, 0.5) is 0 Å². The van der Waals surface area contributed by atoms with Gasteiger partial charge in [0.05, 0.1) is 7.11 Å². The quantitative estimate of drug-likeness (QED) is 0.568. The first-order chi connectivity index (χ1) is 7.36. The lowest BCUT2D eigenvalue weighted by Gasteiger charge is -2.21. The van der Waals surface area contributed by atoms with Gasteiger partial charge < -0.3 is 15.4 Å². The zero-order valence-electron chi connectivity index (χ0n) is 10.7. The fraction of sp³-hybridized carbons (Fsp3) is 0.818. The summed E-state index contributed by atoms with van der Waals surface area (Å²) < 4.78 is 4.73. The molecule has 0 bridgehead atoms. The minimum Gasteiger partial charge on any atom is -0.467 e. The zero-order valence-corrected chi connectivity index (χ0v) is 11.5. The fourth-order valence-corrected chi connectivity index (χ4v) is 1.67. The number of nitrogens with one attached hydrogen (secondary N) is 2. The largest absolute Gasteiger partial charge is 0.467 e. The van der Waals surface area contributed by atoms with Crippen LogP contribution in [-0.2, 0) is 9.53 Å². The smallest absolute Gasteiger partial charge is 0.328 e. The Bertz CT molecular complexity index is 242. The maximum absolute atomic E-state index is 11.5. The third-order valence-electron chi connectivity index (χ3n) is 1.92. The maximum Gasteiger partial charge on any atom is 0.328 e. The Morgan fingerprint density at radius 1 is 1.25 bits per heavy atom. The molecule has 1 unspecified atom stereocenters. The summed E-state index contributed by atoms with van der Waals surface area (Å²) in [6, 6.07) is -0.124. The number of hydrogen-bond acceptors (Lipinski definition) is 3. The molecular weight excluding hydrogens is 224 g/mol. The minimum absolute atomic E-state index is 0.248. The first-order valence-electron chi connectivity index (χ1n) is 5.51. The predicted octanol–water partition coefficient (Wildman–Crippen LogP) is 1.45. The van der Waals surface area contributed by atoms with Gasteiger partial charge in [0.15, 0.2) is 5.11 Å². The monoisotopic (exact) mass is 246 g/mol. The number of rotatable bonds is 5. The van der Waals surface area contributed by atoms with Crippen molar-refractivity contribution in [2.24, 2.45) is 5.92 Å². The number of esters is 1. The number of thiocarbonyl (C=S) groups is 1. The molecule has 0 spiro atoms. The molecule has 0 aromatic rings. The van der Waals surface area contributed by atoms with Gasteiger partial charge in [-0.25, -0.2) is 4.79 Å². The Morgan fingerprint density at radius 2 is 1.81 bits per heavy atom. The minimum atomic E-state index is -0.372. The van der Waals surface area contributed by atoms with E-state index in [0.717, 1.165) is 0 Å².